The third-order valence-electron chi connectivity index (χ3n) is 6.00. The Kier molecular flexibility index (Phi) is 7.92. The Hall–Kier alpha value is -2.08. The highest BCUT2D eigenvalue weighted by Crippen LogP contribution is 2.26. The third-order valence-corrected chi connectivity index (χ3v) is 6.00. The maximum Gasteiger partial charge on any atom is 0.258 e. The zero-order chi connectivity index (χ0) is 20.6. The second-order valence-electron chi connectivity index (χ2n) is 8.06. The van der Waals surface area contributed by atoms with E-state index in [0.717, 1.165) is 45.3 Å². The molecule has 1 unspecified atom stereocenters. The largest absolute Gasteiger partial charge is 0.493 e. The number of carbonyl (C=O) groups is 2. The Balaban J connectivity index is 1.58. The Morgan fingerprint density at radius 3 is 2.59 bits per heavy atom. The van der Waals surface area contributed by atoms with Crippen molar-refractivity contribution in [3.63, 3.8) is 0 Å². The van der Waals surface area contributed by atoms with Crippen molar-refractivity contribution in [3.05, 3.63) is 29.8 Å². The number of carbonyl (C=O) groups excluding carboxylic acids is 2. The van der Waals surface area contributed by atoms with E-state index in [1.54, 1.807) is 11.0 Å². The number of amides is 2. The summed E-state index contributed by atoms with van der Waals surface area (Å²) in [5, 5.41) is 3.22. The normalized spacial score (nSPS) is 20.6. The summed E-state index contributed by atoms with van der Waals surface area (Å²) in [5.74, 6) is 0.475. The van der Waals surface area contributed by atoms with Gasteiger partial charge in [-0.2, -0.15) is 0 Å². The second kappa shape index (κ2) is 10.6. The van der Waals surface area contributed by atoms with Crippen molar-refractivity contribution in [2.75, 3.05) is 32.8 Å². The van der Waals surface area contributed by atoms with Crippen LogP contribution in [0.4, 0.5) is 0 Å². The lowest BCUT2D eigenvalue weighted by Crippen LogP contribution is -2.51. The fraction of sp³-hybridized carbons (Fsp3) is 0.652. The van der Waals surface area contributed by atoms with E-state index in [9.17, 15) is 9.59 Å². The lowest BCUT2D eigenvalue weighted by atomic mass is 10.0. The van der Waals surface area contributed by atoms with Gasteiger partial charge in [0.15, 0.2) is 0 Å². The third kappa shape index (κ3) is 5.50. The number of nitrogens with one attached hydrogen (secondary N) is 1. The van der Waals surface area contributed by atoms with Gasteiger partial charge in [0.1, 0.15) is 11.8 Å². The monoisotopic (exact) mass is 401 g/mol. The second-order valence-corrected chi connectivity index (χ2v) is 8.06. The number of ether oxygens (including phenoxy) is 1. The molecule has 1 atom stereocenters. The first kappa shape index (κ1) is 21.6. The van der Waals surface area contributed by atoms with E-state index in [4.69, 9.17) is 4.74 Å². The fourth-order valence-electron chi connectivity index (χ4n) is 4.34. The molecule has 29 heavy (non-hydrogen) atoms. The SMILES string of the molecule is CCCCN1CCC(NC(=O)C2CCCN2C(=O)c2ccccc2OCC)CC1. The molecule has 1 aromatic rings. The van der Waals surface area contributed by atoms with Gasteiger partial charge in [0, 0.05) is 25.7 Å². The molecule has 0 saturated carbocycles. The van der Waals surface area contributed by atoms with Crippen LogP contribution in [-0.2, 0) is 4.79 Å². The van der Waals surface area contributed by atoms with Crippen LogP contribution in [0.1, 0.15) is 62.7 Å². The van der Waals surface area contributed by atoms with Crippen LogP contribution >= 0.6 is 0 Å². The minimum atomic E-state index is -0.379. The summed E-state index contributed by atoms with van der Waals surface area (Å²) >= 11 is 0. The first-order valence-corrected chi connectivity index (χ1v) is 11.2. The summed E-state index contributed by atoms with van der Waals surface area (Å²) in [7, 11) is 0. The number of para-hydroxylation sites is 1. The molecular formula is C23H35N3O3. The molecule has 3 rings (SSSR count). The van der Waals surface area contributed by atoms with E-state index in [2.05, 4.69) is 17.1 Å². The van der Waals surface area contributed by atoms with Crippen LogP contribution in [0.2, 0.25) is 0 Å². The van der Waals surface area contributed by atoms with E-state index in [-0.39, 0.29) is 23.9 Å². The molecule has 2 heterocycles. The van der Waals surface area contributed by atoms with Gasteiger partial charge >= 0.3 is 0 Å². The lowest BCUT2D eigenvalue weighted by Gasteiger charge is -2.33. The molecule has 6 heteroatoms. The summed E-state index contributed by atoms with van der Waals surface area (Å²) in [5.41, 5.74) is 0.540. The first-order chi connectivity index (χ1) is 14.1. The van der Waals surface area contributed by atoms with Crippen LogP contribution < -0.4 is 10.1 Å². The van der Waals surface area contributed by atoms with Crippen molar-refractivity contribution in [1.82, 2.24) is 15.1 Å². The number of piperidine rings is 1. The standard InChI is InChI=1S/C23H35N3O3/c1-3-5-14-25-16-12-18(13-17-25)24-22(27)20-10-8-15-26(20)23(28)19-9-6-7-11-21(19)29-4-2/h6-7,9,11,18,20H,3-5,8,10,12-17H2,1-2H3,(H,24,27). The van der Waals surface area contributed by atoms with Crippen molar-refractivity contribution in [2.45, 2.75) is 64.5 Å². The molecule has 2 aliphatic rings. The minimum Gasteiger partial charge on any atom is -0.493 e. The molecule has 6 nitrogen and oxygen atoms in total. The molecule has 2 aliphatic heterocycles. The number of likely N-dealkylation sites (tertiary alicyclic amines) is 2. The lowest BCUT2D eigenvalue weighted by molar-refractivity contribution is -0.125. The van der Waals surface area contributed by atoms with Crippen LogP contribution in [-0.4, -0.2) is 66.5 Å². The molecule has 2 saturated heterocycles. The van der Waals surface area contributed by atoms with Gasteiger partial charge in [-0.15, -0.1) is 0 Å². The minimum absolute atomic E-state index is 0.00301. The van der Waals surface area contributed by atoms with Crippen LogP contribution in [0.5, 0.6) is 5.75 Å². The molecule has 0 spiro atoms. The Morgan fingerprint density at radius 1 is 1.10 bits per heavy atom. The highest BCUT2D eigenvalue weighted by atomic mass is 16.5. The van der Waals surface area contributed by atoms with Gasteiger partial charge in [0.05, 0.1) is 12.2 Å². The predicted molar refractivity (Wildman–Crippen MR) is 114 cm³/mol. The van der Waals surface area contributed by atoms with E-state index in [1.165, 1.54) is 12.8 Å². The first-order valence-electron chi connectivity index (χ1n) is 11.2. The van der Waals surface area contributed by atoms with Gasteiger partial charge in [-0.1, -0.05) is 25.5 Å². The van der Waals surface area contributed by atoms with E-state index < -0.39 is 0 Å². The zero-order valence-corrected chi connectivity index (χ0v) is 17.9. The molecule has 160 valence electrons. The topological polar surface area (TPSA) is 61.9 Å². The number of benzene rings is 1. The van der Waals surface area contributed by atoms with Gasteiger partial charge in [0.25, 0.3) is 5.91 Å². The van der Waals surface area contributed by atoms with E-state index in [0.29, 0.717) is 24.5 Å². The molecule has 2 amide bonds. The number of rotatable bonds is 8. The van der Waals surface area contributed by atoms with Gasteiger partial charge in [0.2, 0.25) is 5.91 Å². The molecule has 0 bridgehead atoms. The average Bonchev–Trinajstić information content (AvgIpc) is 3.23. The zero-order valence-electron chi connectivity index (χ0n) is 17.9. The number of hydrogen-bond donors (Lipinski definition) is 1. The molecule has 1 N–H and O–H groups in total. The molecule has 0 radical (unpaired) electrons. The van der Waals surface area contributed by atoms with Gasteiger partial charge in [-0.05, 0) is 57.7 Å². The Morgan fingerprint density at radius 2 is 1.86 bits per heavy atom. The summed E-state index contributed by atoms with van der Waals surface area (Å²) in [6, 6.07) is 7.14. The Bertz CT molecular complexity index is 686. The van der Waals surface area contributed by atoms with Crippen molar-refractivity contribution < 1.29 is 14.3 Å². The van der Waals surface area contributed by atoms with Crippen LogP contribution in [0, 0.1) is 0 Å². The molecule has 0 aromatic heterocycles. The van der Waals surface area contributed by atoms with E-state index >= 15 is 0 Å². The highest BCUT2D eigenvalue weighted by molar-refractivity contribution is 6.00. The molecule has 0 aliphatic carbocycles. The maximum atomic E-state index is 13.2. The van der Waals surface area contributed by atoms with Crippen molar-refractivity contribution in [2.24, 2.45) is 0 Å². The van der Waals surface area contributed by atoms with Crippen molar-refractivity contribution in [1.29, 1.82) is 0 Å². The molecule has 1 aromatic carbocycles. The quantitative estimate of drug-likeness (QED) is 0.727. The Labute approximate surface area is 174 Å². The molecular weight excluding hydrogens is 366 g/mol. The van der Waals surface area contributed by atoms with Crippen LogP contribution in [0.3, 0.4) is 0 Å². The maximum absolute atomic E-state index is 13.2. The predicted octanol–water partition coefficient (Wildman–Crippen LogP) is 3.07. The number of nitrogens with zero attached hydrogens (tertiary/aromatic N) is 2. The van der Waals surface area contributed by atoms with Gasteiger partial charge < -0.3 is 19.9 Å². The van der Waals surface area contributed by atoms with Crippen LogP contribution in [0.25, 0.3) is 0 Å². The van der Waals surface area contributed by atoms with Gasteiger partial charge in [-0.25, -0.2) is 0 Å². The summed E-state index contributed by atoms with van der Waals surface area (Å²) in [6.45, 7) is 8.48. The summed E-state index contributed by atoms with van der Waals surface area (Å²) < 4.78 is 5.62. The average molecular weight is 402 g/mol. The van der Waals surface area contributed by atoms with Gasteiger partial charge in [-0.3, -0.25) is 9.59 Å². The molecule has 2 fully saturated rings. The summed E-state index contributed by atoms with van der Waals surface area (Å²) in [4.78, 5) is 30.3. The highest BCUT2D eigenvalue weighted by Gasteiger charge is 2.36. The number of unbranched alkanes of at least 4 members (excludes halogenated alkanes) is 1. The summed E-state index contributed by atoms with van der Waals surface area (Å²) in [6.07, 6.45) is 6.01. The van der Waals surface area contributed by atoms with Crippen molar-refractivity contribution in [3.8, 4) is 5.75 Å². The number of hydrogen-bond acceptors (Lipinski definition) is 4. The van der Waals surface area contributed by atoms with Crippen LogP contribution in [0.15, 0.2) is 24.3 Å². The fourth-order valence-corrected chi connectivity index (χ4v) is 4.34. The van der Waals surface area contributed by atoms with E-state index in [1.807, 2.05) is 25.1 Å². The smallest absolute Gasteiger partial charge is 0.258 e. The van der Waals surface area contributed by atoms with Crippen molar-refractivity contribution >= 4 is 11.8 Å².